The number of nitrogens with zero attached hydrogens (tertiary/aromatic N) is 2. The van der Waals surface area contributed by atoms with Crippen molar-refractivity contribution in [2.75, 3.05) is 5.32 Å². The molecule has 23 heavy (non-hydrogen) atoms. The molecule has 4 nitrogen and oxygen atoms in total. The number of carbonyl (C=O) groups excluding carboxylic acids is 1. The number of hydrogen-bond donors (Lipinski definition) is 1. The van der Waals surface area contributed by atoms with Gasteiger partial charge in [-0.15, -0.1) is 11.6 Å². The van der Waals surface area contributed by atoms with E-state index in [4.69, 9.17) is 11.6 Å². The smallest absolute Gasteiger partial charge is 0.243 e. The van der Waals surface area contributed by atoms with Crippen LogP contribution in [0.3, 0.4) is 0 Å². The van der Waals surface area contributed by atoms with Crippen molar-refractivity contribution in [3.63, 3.8) is 0 Å². The minimum atomic E-state index is -0.984. The second kappa shape index (κ2) is 5.96. The number of rotatable bonds is 3. The van der Waals surface area contributed by atoms with Crippen molar-refractivity contribution in [3.8, 4) is 11.3 Å². The van der Waals surface area contributed by atoms with E-state index >= 15 is 0 Å². The van der Waals surface area contributed by atoms with Gasteiger partial charge in [-0.05, 0) is 37.3 Å². The lowest BCUT2D eigenvalue weighted by atomic mass is 10.1. The highest BCUT2D eigenvalue weighted by Gasteiger charge is 2.19. The maximum absolute atomic E-state index is 13.5. The summed E-state index contributed by atoms with van der Waals surface area (Å²) in [5.41, 5.74) is 1.25. The predicted molar refractivity (Wildman–Crippen MR) is 84.5 cm³/mol. The van der Waals surface area contributed by atoms with Crippen LogP contribution in [0, 0.1) is 11.6 Å². The average Bonchev–Trinajstić information content (AvgIpc) is 2.89. The van der Waals surface area contributed by atoms with Gasteiger partial charge in [0, 0.05) is 11.8 Å². The molecule has 0 aliphatic carbocycles. The molecule has 3 aromatic rings. The predicted octanol–water partition coefficient (Wildman–Crippen LogP) is 3.85. The van der Waals surface area contributed by atoms with Crippen LogP contribution < -0.4 is 5.32 Å². The molecular formula is C16H12ClF2N3O. The van der Waals surface area contributed by atoms with Gasteiger partial charge in [0.15, 0.2) is 11.6 Å². The van der Waals surface area contributed by atoms with Crippen LogP contribution in [0.2, 0.25) is 0 Å². The number of amides is 1. The van der Waals surface area contributed by atoms with Crippen molar-refractivity contribution in [1.82, 2.24) is 9.38 Å². The summed E-state index contributed by atoms with van der Waals surface area (Å²) in [6, 6.07) is 8.75. The first kappa shape index (κ1) is 15.4. The van der Waals surface area contributed by atoms with Gasteiger partial charge in [-0.25, -0.2) is 13.8 Å². The number of nitrogens with one attached hydrogen (secondary N) is 1. The van der Waals surface area contributed by atoms with Gasteiger partial charge in [0.25, 0.3) is 0 Å². The number of alkyl halides is 1. The molecule has 0 bridgehead atoms. The topological polar surface area (TPSA) is 46.4 Å². The fourth-order valence-electron chi connectivity index (χ4n) is 2.18. The zero-order valence-electron chi connectivity index (χ0n) is 12.1. The number of halogens is 3. The van der Waals surface area contributed by atoms with E-state index < -0.39 is 22.9 Å². The molecule has 0 unspecified atom stereocenters. The Balaban J connectivity index is 2.18. The molecule has 0 aliphatic rings. The van der Waals surface area contributed by atoms with E-state index in [0.29, 0.717) is 22.7 Å². The Morgan fingerprint density at radius 1 is 1.26 bits per heavy atom. The van der Waals surface area contributed by atoms with Crippen molar-refractivity contribution in [2.45, 2.75) is 12.3 Å². The highest BCUT2D eigenvalue weighted by Crippen LogP contribution is 2.30. The minimum absolute atomic E-state index is 0.334. The van der Waals surface area contributed by atoms with Crippen molar-refractivity contribution in [2.24, 2.45) is 0 Å². The Morgan fingerprint density at radius 2 is 2.04 bits per heavy atom. The Labute approximate surface area is 135 Å². The number of benzene rings is 1. The molecule has 0 spiro atoms. The van der Waals surface area contributed by atoms with Crippen LogP contribution in [0.15, 0.2) is 42.6 Å². The molecule has 2 heterocycles. The third kappa shape index (κ3) is 2.90. The number of pyridine rings is 1. The SMILES string of the molecule is C[C@@H](Cl)C(=O)Nc1c(-c2ccc(F)c(F)c2)nc2ccccn12. The van der Waals surface area contributed by atoms with Crippen LogP contribution in [-0.4, -0.2) is 20.7 Å². The van der Waals surface area contributed by atoms with E-state index in [1.807, 2.05) is 0 Å². The summed E-state index contributed by atoms with van der Waals surface area (Å²) in [4.78, 5) is 16.3. The quantitative estimate of drug-likeness (QED) is 0.739. The first-order valence-electron chi connectivity index (χ1n) is 6.85. The lowest BCUT2D eigenvalue weighted by molar-refractivity contribution is -0.115. The van der Waals surface area contributed by atoms with Crippen LogP contribution in [0.25, 0.3) is 16.9 Å². The molecule has 1 atom stereocenters. The van der Waals surface area contributed by atoms with Crippen LogP contribution >= 0.6 is 11.6 Å². The molecule has 0 aliphatic heterocycles. The third-order valence-corrected chi connectivity index (χ3v) is 3.52. The van der Waals surface area contributed by atoms with E-state index in [9.17, 15) is 13.6 Å². The molecule has 0 radical (unpaired) electrons. The van der Waals surface area contributed by atoms with Crippen LogP contribution in [0.5, 0.6) is 0 Å². The molecule has 3 rings (SSSR count). The molecule has 118 valence electrons. The molecule has 0 saturated carbocycles. The van der Waals surface area contributed by atoms with Crippen molar-refractivity contribution < 1.29 is 13.6 Å². The van der Waals surface area contributed by atoms with Gasteiger partial charge in [-0.3, -0.25) is 9.20 Å². The van der Waals surface area contributed by atoms with E-state index in [1.54, 1.807) is 28.8 Å². The number of anilines is 1. The van der Waals surface area contributed by atoms with Gasteiger partial charge < -0.3 is 5.32 Å². The van der Waals surface area contributed by atoms with E-state index in [2.05, 4.69) is 10.3 Å². The lowest BCUT2D eigenvalue weighted by Crippen LogP contribution is -2.21. The number of hydrogen-bond acceptors (Lipinski definition) is 2. The average molecular weight is 336 g/mol. The van der Waals surface area contributed by atoms with Crippen LogP contribution in [0.1, 0.15) is 6.92 Å². The Hall–Kier alpha value is -2.47. The summed E-state index contributed by atoms with van der Waals surface area (Å²) in [5, 5.41) is 1.93. The highest BCUT2D eigenvalue weighted by molar-refractivity contribution is 6.32. The van der Waals surface area contributed by atoms with Crippen LogP contribution in [-0.2, 0) is 4.79 Å². The molecule has 7 heteroatoms. The zero-order chi connectivity index (χ0) is 16.6. The third-order valence-electron chi connectivity index (χ3n) is 3.33. The maximum atomic E-state index is 13.5. The summed E-state index contributed by atoms with van der Waals surface area (Å²) in [6.07, 6.45) is 1.71. The Kier molecular flexibility index (Phi) is 4.00. The Bertz CT molecular complexity index is 892. The Morgan fingerprint density at radius 3 is 2.74 bits per heavy atom. The summed E-state index contributed by atoms with van der Waals surface area (Å²) >= 11 is 5.79. The van der Waals surface area contributed by atoms with Crippen molar-refractivity contribution in [3.05, 3.63) is 54.2 Å². The first-order chi connectivity index (χ1) is 11.0. The number of carbonyl (C=O) groups is 1. The van der Waals surface area contributed by atoms with E-state index in [1.165, 1.54) is 13.0 Å². The van der Waals surface area contributed by atoms with Gasteiger partial charge in [0.05, 0.1) is 0 Å². The van der Waals surface area contributed by atoms with E-state index in [0.717, 1.165) is 12.1 Å². The number of aromatic nitrogens is 2. The lowest BCUT2D eigenvalue weighted by Gasteiger charge is -2.09. The van der Waals surface area contributed by atoms with Gasteiger partial charge in [0.1, 0.15) is 22.5 Å². The zero-order valence-corrected chi connectivity index (χ0v) is 12.8. The molecule has 1 N–H and O–H groups in total. The molecule has 2 aromatic heterocycles. The van der Waals surface area contributed by atoms with E-state index in [-0.39, 0.29) is 0 Å². The van der Waals surface area contributed by atoms with Gasteiger partial charge >= 0.3 is 0 Å². The van der Waals surface area contributed by atoms with Crippen LogP contribution in [0.4, 0.5) is 14.6 Å². The summed E-state index contributed by atoms with van der Waals surface area (Å²) in [6.45, 7) is 1.54. The molecule has 0 saturated heterocycles. The maximum Gasteiger partial charge on any atom is 0.243 e. The molecule has 0 fully saturated rings. The second-order valence-corrected chi connectivity index (χ2v) is 5.63. The molecule has 1 amide bonds. The van der Waals surface area contributed by atoms with Gasteiger partial charge in [-0.1, -0.05) is 6.07 Å². The van der Waals surface area contributed by atoms with Gasteiger partial charge in [0.2, 0.25) is 5.91 Å². The number of imidazole rings is 1. The first-order valence-corrected chi connectivity index (χ1v) is 7.28. The summed E-state index contributed by atoms with van der Waals surface area (Å²) in [5.74, 6) is -2.00. The minimum Gasteiger partial charge on any atom is -0.309 e. The van der Waals surface area contributed by atoms with Gasteiger partial charge in [-0.2, -0.15) is 0 Å². The summed E-state index contributed by atoms with van der Waals surface area (Å²) in [7, 11) is 0. The molecule has 1 aromatic carbocycles. The molecular weight excluding hydrogens is 324 g/mol. The monoisotopic (exact) mass is 335 g/mol. The summed E-state index contributed by atoms with van der Waals surface area (Å²) < 4.78 is 28.3. The standard InChI is InChI=1S/C16H12ClF2N3O/c1-9(17)16(23)21-15-14(10-5-6-11(18)12(19)8-10)20-13-4-2-3-7-22(13)15/h2-9H,1H3,(H,21,23)/t9-/m1/s1. The highest BCUT2D eigenvalue weighted by atomic mass is 35.5. The second-order valence-electron chi connectivity index (χ2n) is 4.97. The number of fused-ring (bicyclic) bond motifs is 1. The fourth-order valence-corrected chi connectivity index (χ4v) is 2.23. The normalized spacial score (nSPS) is 12.3. The van der Waals surface area contributed by atoms with Crippen molar-refractivity contribution in [1.29, 1.82) is 0 Å². The fraction of sp³-hybridized carbons (Fsp3) is 0.125. The largest absolute Gasteiger partial charge is 0.309 e. The van der Waals surface area contributed by atoms with Crippen molar-refractivity contribution >= 4 is 29.0 Å².